The molecule has 0 radical (unpaired) electrons. The van der Waals surface area contributed by atoms with Gasteiger partial charge in [-0.1, -0.05) is 40.5 Å². The van der Waals surface area contributed by atoms with Crippen molar-refractivity contribution in [1.29, 1.82) is 0 Å². The van der Waals surface area contributed by atoms with Crippen LogP contribution < -0.4 is 5.73 Å². The van der Waals surface area contributed by atoms with Crippen LogP contribution in [0.15, 0.2) is 6.20 Å². The molecule has 0 saturated heterocycles. The predicted octanol–water partition coefficient (Wildman–Crippen LogP) is 2.90. The number of imidazole rings is 1. The van der Waals surface area contributed by atoms with E-state index in [1.807, 2.05) is 6.20 Å². The molecule has 0 bridgehead atoms. The summed E-state index contributed by atoms with van der Waals surface area (Å²) in [4.78, 5) is 7.68. The third-order valence-electron chi connectivity index (χ3n) is 2.62. The molecule has 3 nitrogen and oxygen atoms in total. The Balaban J connectivity index is 2.67. The van der Waals surface area contributed by atoms with Gasteiger partial charge in [0.05, 0.1) is 6.04 Å². The molecule has 0 fully saturated rings. The van der Waals surface area contributed by atoms with Crippen molar-refractivity contribution in [2.75, 3.05) is 0 Å². The number of nitrogens with one attached hydrogen (secondary N) is 1. The minimum absolute atomic E-state index is 0.0565. The summed E-state index contributed by atoms with van der Waals surface area (Å²) in [5.41, 5.74) is 7.32. The largest absolute Gasteiger partial charge is 0.344 e. The SMILES string of the molecule is CCCCC(N)c1ncc(C(C)(C)C)[nH]1. The number of nitrogens with zero attached hydrogens (tertiary/aromatic N) is 1. The van der Waals surface area contributed by atoms with Crippen LogP contribution in [-0.4, -0.2) is 9.97 Å². The highest BCUT2D eigenvalue weighted by Crippen LogP contribution is 2.22. The topological polar surface area (TPSA) is 54.7 Å². The number of H-pyrrole nitrogens is 1. The van der Waals surface area contributed by atoms with Gasteiger partial charge in [0.25, 0.3) is 0 Å². The quantitative estimate of drug-likeness (QED) is 0.801. The molecule has 1 aromatic heterocycles. The second-order valence-electron chi connectivity index (χ2n) is 5.18. The Kier molecular flexibility index (Phi) is 3.91. The lowest BCUT2D eigenvalue weighted by atomic mass is 9.93. The van der Waals surface area contributed by atoms with Gasteiger partial charge in [0.1, 0.15) is 5.82 Å². The summed E-state index contributed by atoms with van der Waals surface area (Å²) in [5, 5.41) is 0. The predicted molar refractivity (Wildman–Crippen MR) is 63.7 cm³/mol. The van der Waals surface area contributed by atoms with Crippen LogP contribution in [0.5, 0.6) is 0 Å². The van der Waals surface area contributed by atoms with E-state index in [0.717, 1.165) is 24.4 Å². The molecular weight excluding hydrogens is 186 g/mol. The first-order valence-electron chi connectivity index (χ1n) is 5.76. The summed E-state index contributed by atoms with van der Waals surface area (Å²) in [6.07, 6.45) is 5.25. The van der Waals surface area contributed by atoms with Gasteiger partial charge in [-0.05, 0) is 6.42 Å². The fourth-order valence-corrected chi connectivity index (χ4v) is 1.47. The van der Waals surface area contributed by atoms with Crippen molar-refractivity contribution in [2.24, 2.45) is 5.73 Å². The Labute approximate surface area is 92.5 Å². The van der Waals surface area contributed by atoms with Crippen LogP contribution in [0.2, 0.25) is 0 Å². The molecule has 1 heterocycles. The maximum atomic E-state index is 6.04. The molecule has 0 aliphatic carbocycles. The smallest absolute Gasteiger partial charge is 0.123 e. The maximum absolute atomic E-state index is 6.04. The Morgan fingerprint density at radius 3 is 2.60 bits per heavy atom. The van der Waals surface area contributed by atoms with Gasteiger partial charge in [-0.25, -0.2) is 4.98 Å². The van der Waals surface area contributed by atoms with E-state index in [0.29, 0.717) is 0 Å². The zero-order chi connectivity index (χ0) is 11.5. The molecule has 0 amide bonds. The Morgan fingerprint density at radius 2 is 2.13 bits per heavy atom. The van der Waals surface area contributed by atoms with Gasteiger partial charge in [-0.3, -0.25) is 0 Å². The van der Waals surface area contributed by atoms with Crippen molar-refractivity contribution in [2.45, 2.75) is 58.4 Å². The van der Waals surface area contributed by atoms with Crippen molar-refractivity contribution in [1.82, 2.24) is 9.97 Å². The van der Waals surface area contributed by atoms with E-state index >= 15 is 0 Å². The fourth-order valence-electron chi connectivity index (χ4n) is 1.47. The molecule has 1 unspecified atom stereocenters. The molecule has 0 aromatic carbocycles. The van der Waals surface area contributed by atoms with Crippen LogP contribution in [0.3, 0.4) is 0 Å². The van der Waals surface area contributed by atoms with Crippen LogP contribution in [0.1, 0.15) is 64.5 Å². The van der Waals surface area contributed by atoms with E-state index in [4.69, 9.17) is 5.73 Å². The Morgan fingerprint density at radius 1 is 1.47 bits per heavy atom. The molecule has 0 spiro atoms. The normalized spacial score (nSPS) is 14.2. The number of nitrogens with two attached hydrogens (primary N) is 1. The van der Waals surface area contributed by atoms with Crippen LogP contribution in [-0.2, 0) is 5.41 Å². The number of unbranched alkanes of at least 4 members (excludes halogenated alkanes) is 1. The molecule has 0 aliphatic rings. The standard InChI is InChI=1S/C12H23N3/c1-5-6-7-9(13)11-14-8-10(15-11)12(2,3)4/h8-9H,5-7,13H2,1-4H3,(H,14,15). The molecule has 1 atom stereocenters. The third-order valence-corrected chi connectivity index (χ3v) is 2.62. The van der Waals surface area contributed by atoms with Crippen LogP contribution >= 0.6 is 0 Å². The molecule has 3 N–H and O–H groups in total. The zero-order valence-electron chi connectivity index (χ0n) is 10.3. The number of aromatic amines is 1. The molecule has 1 aromatic rings. The van der Waals surface area contributed by atoms with Crippen molar-refractivity contribution >= 4 is 0 Å². The average Bonchev–Trinajstić information content (AvgIpc) is 2.62. The highest BCUT2D eigenvalue weighted by Gasteiger charge is 2.18. The second kappa shape index (κ2) is 4.79. The summed E-state index contributed by atoms with van der Waals surface area (Å²) in [5.74, 6) is 0.924. The van der Waals surface area contributed by atoms with Gasteiger partial charge in [0.15, 0.2) is 0 Å². The minimum atomic E-state index is 0.0565. The van der Waals surface area contributed by atoms with Gasteiger partial charge < -0.3 is 10.7 Å². The van der Waals surface area contributed by atoms with Crippen molar-refractivity contribution < 1.29 is 0 Å². The van der Waals surface area contributed by atoms with Gasteiger partial charge in [0.2, 0.25) is 0 Å². The first kappa shape index (κ1) is 12.2. The van der Waals surface area contributed by atoms with Crippen LogP contribution in [0.4, 0.5) is 0 Å². The highest BCUT2D eigenvalue weighted by molar-refractivity contribution is 5.12. The molecular formula is C12H23N3. The highest BCUT2D eigenvalue weighted by atomic mass is 15.0. The van der Waals surface area contributed by atoms with Crippen molar-refractivity contribution in [3.8, 4) is 0 Å². The Hall–Kier alpha value is -0.830. The number of rotatable bonds is 4. The van der Waals surface area contributed by atoms with Gasteiger partial charge in [-0.15, -0.1) is 0 Å². The van der Waals surface area contributed by atoms with Crippen molar-refractivity contribution in [3.63, 3.8) is 0 Å². The van der Waals surface area contributed by atoms with E-state index in [9.17, 15) is 0 Å². The third kappa shape index (κ3) is 3.34. The van der Waals surface area contributed by atoms with Gasteiger partial charge in [0, 0.05) is 17.3 Å². The van der Waals surface area contributed by atoms with Gasteiger partial charge >= 0.3 is 0 Å². The van der Waals surface area contributed by atoms with E-state index in [1.165, 1.54) is 6.42 Å². The Bertz CT molecular complexity index is 296. The van der Waals surface area contributed by atoms with Crippen LogP contribution in [0.25, 0.3) is 0 Å². The second-order valence-corrected chi connectivity index (χ2v) is 5.18. The lowest BCUT2D eigenvalue weighted by molar-refractivity contribution is 0.554. The summed E-state index contributed by atoms with van der Waals surface area (Å²) < 4.78 is 0. The number of hydrogen-bond acceptors (Lipinski definition) is 2. The average molecular weight is 209 g/mol. The summed E-state index contributed by atoms with van der Waals surface area (Å²) in [6.45, 7) is 8.68. The van der Waals surface area contributed by atoms with Gasteiger partial charge in [-0.2, -0.15) is 0 Å². The minimum Gasteiger partial charge on any atom is -0.344 e. The summed E-state index contributed by atoms with van der Waals surface area (Å²) in [7, 11) is 0. The lowest BCUT2D eigenvalue weighted by Gasteiger charge is -2.15. The molecule has 0 aliphatic heterocycles. The fraction of sp³-hybridized carbons (Fsp3) is 0.750. The van der Waals surface area contributed by atoms with Crippen LogP contribution in [0, 0.1) is 0 Å². The molecule has 1 rings (SSSR count). The number of hydrogen-bond donors (Lipinski definition) is 2. The molecule has 15 heavy (non-hydrogen) atoms. The van der Waals surface area contributed by atoms with Crippen molar-refractivity contribution in [3.05, 3.63) is 17.7 Å². The van der Waals surface area contributed by atoms with E-state index < -0.39 is 0 Å². The molecule has 86 valence electrons. The summed E-state index contributed by atoms with van der Waals surface area (Å²) in [6, 6.07) is 0.0565. The number of aromatic nitrogens is 2. The van der Waals surface area contributed by atoms with E-state index in [2.05, 4.69) is 37.7 Å². The molecule has 3 heteroatoms. The first-order valence-corrected chi connectivity index (χ1v) is 5.76. The van der Waals surface area contributed by atoms with E-state index in [1.54, 1.807) is 0 Å². The lowest BCUT2D eigenvalue weighted by Crippen LogP contribution is -2.14. The monoisotopic (exact) mass is 209 g/mol. The molecule has 0 saturated carbocycles. The maximum Gasteiger partial charge on any atom is 0.123 e. The summed E-state index contributed by atoms with van der Waals surface area (Å²) >= 11 is 0. The first-order chi connectivity index (χ1) is 6.95. The zero-order valence-corrected chi connectivity index (χ0v) is 10.3. The van der Waals surface area contributed by atoms with E-state index in [-0.39, 0.29) is 11.5 Å².